The lowest BCUT2D eigenvalue weighted by Gasteiger charge is -2.15. The van der Waals surface area contributed by atoms with E-state index < -0.39 is 12.1 Å². The molecule has 1 N–H and O–H groups in total. The van der Waals surface area contributed by atoms with Crippen LogP contribution in [-0.2, 0) is 14.3 Å². The summed E-state index contributed by atoms with van der Waals surface area (Å²) in [7, 11) is 3.11. The van der Waals surface area contributed by atoms with Crippen LogP contribution in [0.1, 0.15) is 44.6 Å². The number of amides is 1. The van der Waals surface area contributed by atoms with Gasteiger partial charge in [-0.05, 0) is 62.8 Å². The third kappa shape index (κ3) is 7.10. The zero-order valence-electron chi connectivity index (χ0n) is 16.8. The van der Waals surface area contributed by atoms with E-state index in [0.29, 0.717) is 18.0 Å². The summed E-state index contributed by atoms with van der Waals surface area (Å²) in [6.07, 6.45) is 9.85. The van der Waals surface area contributed by atoms with Gasteiger partial charge < -0.3 is 19.5 Å². The SMILES string of the molecule is COc1cc(/C=C/C(=O)O[C@H](C)C(=O)NCCC2=CCCCC2)cc(OC)c1. The maximum absolute atomic E-state index is 12.1. The number of rotatable bonds is 9. The molecule has 6 nitrogen and oxygen atoms in total. The molecule has 0 unspecified atom stereocenters. The molecule has 1 aliphatic rings. The third-order valence-electron chi connectivity index (χ3n) is 4.58. The minimum Gasteiger partial charge on any atom is -0.497 e. The summed E-state index contributed by atoms with van der Waals surface area (Å²) in [5.74, 6) is 0.363. The van der Waals surface area contributed by atoms with Crippen LogP contribution in [0.25, 0.3) is 6.08 Å². The lowest BCUT2D eigenvalue weighted by molar-refractivity contribution is -0.150. The molecule has 0 aliphatic heterocycles. The molecule has 1 amide bonds. The monoisotopic (exact) mass is 387 g/mol. The zero-order chi connectivity index (χ0) is 20.4. The highest BCUT2D eigenvalue weighted by atomic mass is 16.5. The Kier molecular flexibility index (Phi) is 8.59. The molecule has 0 heterocycles. The van der Waals surface area contributed by atoms with Crippen molar-refractivity contribution in [3.8, 4) is 11.5 Å². The minimum absolute atomic E-state index is 0.291. The van der Waals surface area contributed by atoms with Crippen LogP contribution in [0, 0.1) is 0 Å². The maximum atomic E-state index is 12.1. The molecule has 0 saturated carbocycles. The first-order chi connectivity index (χ1) is 13.5. The molecule has 0 bridgehead atoms. The van der Waals surface area contributed by atoms with Gasteiger partial charge in [0.05, 0.1) is 14.2 Å². The molecule has 0 saturated heterocycles. The second-order valence-electron chi connectivity index (χ2n) is 6.71. The largest absolute Gasteiger partial charge is 0.497 e. The summed E-state index contributed by atoms with van der Waals surface area (Å²) >= 11 is 0. The van der Waals surface area contributed by atoms with Crippen LogP contribution in [0.15, 0.2) is 35.9 Å². The van der Waals surface area contributed by atoms with Crippen molar-refractivity contribution < 1.29 is 23.8 Å². The van der Waals surface area contributed by atoms with E-state index in [9.17, 15) is 9.59 Å². The van der Waals surface area contributed by atoms with Crippen molar-refractivity contribution in [2.45, 2.75) is 45.1 Å². The van der Waals surface area contributed by atoms with Crippen LogP contribution in [0.5, 0.6) is 11.5 Å². The average Bonchev–Trinajstić information content (AvgIpc) is 2.72. The third-order valence-corrected chi connectivity index (χ3v) is 4.58. The highest BCUT2D eigenvalue weighted by Gasteiger charge is 2.16. The van der Waals surface area contributed by atoms with E-state index in [0.717, 1.165) is 24.8 Å². The van der Waals surface area contributed by atoms with Crippen molar-refractivity contribution in [3.05, 3.63) is 41.5 Å². The van der Waals surface area contributed by atoms with Gasteiger partial charge in [-0.15, -0.1) is 0 Å². The fraction of sp³-hybridized carbons (Fsp3) is 0.455. The number of ether oxygens (including phenoxy) is 3. The smallest absolute Gasteiger partial charge is 0.331 e. The predicted octanol–water partition coefficient (Wildman–Crippen LogP) is 3.66. The number of nitrogens with one attached hydrogen (secondary N) is 1. The van der Waals surface area contributed by atoms with E-state index >= 15 is 0 Å². The molecular weight excluding hydrogens is 358 g/mol. The van der Waals surface area contributed by atoms with Crippen LogP contribution >= 0.6 is 0 Å². The lowest BCUT2D eigenvalue weighted by Crippen LogP contribution is -2.36. The first-order valence-electron chi connectivity index (χ1n) is 9.59. The van der Waals surface area contributed by atoms with Crippen LogP contribution in [-0.4, -0.2) is 38.7 Å². The van der Waals surface area contributed by atoms with Crippen molar-refractivity contribution >= 4 is 18.0 Å². The minimum atomic E-state index is -0.850. The molecule has 2 rings (SSSR count). The summed E-state index contributed by atoms with van der Waals surface area (Å²) in [4.78, 5) is 24.1. The molecule has 152 valence electrons. The van der Waals surface area contributed by atoms with Gasteiger partial charge in [-0.1, -0.05) is 11.6 Å². The average molecular weight is 387 g/mol. The number of esters is 1. The summed E-state index contributed by atoms with van der Waals surface area (Å²) in [6.45, 7) is 2.13. The van der Waals surface area contributed by atoms with Crippen LogP contribution < -0.4 is 14.8 Å². The highest BCUT2D eigenvalue weighted by Crippen LogP contribution is 2.23. The molecule has 1 aliphatic carbocycles. The molecule has 0 fully saturated rings. The van der Waals surface area contributed by atoms with Crippen LogP contribution in [0.3, 0.4) is 0 Å². The molecule has 0 radical (unpaired) electrons. The Hall–Kier alpha value is -2.76. The first kappa shape index (κ1) is 21.5. The van der Waals surface area contributed by atoms with Gasteiger partial charge in [0.25, 0.3) is 5.91 Å². The molecule has 6 heteroatoms. The van der Waals surface area contributed by atoms with E-state index in [2.05, 4.69) is 11.4 Å². The Morgan fingerprint density at radius 3 is 2.46 bits per heavy atom. The number of hydrogen-bond acceptors (Lipinski definition) is 5. The van der Waals surface area contributed by atoms with Gasteiger partial charge in [0, 0.05) is 18.7 Å². The second-order valence-corrected chi connectivity index (χ2v) is 6.71. The normalized spacial score (nSPS) is 14.9. The van der Waals surface area contributed by atoms with E-state index in [4.69, 9.17) is 14.2 Å². The fourth-order valence-corrected chi connectivity index (χ4v) is 2.98. The van der Waals surface area contributed by atoms with E-state index in [1.54, 1.807) is 45.4 Å². The number of allylic oxidation sites excluding steroid dienone is 1. The summed E-state index contributed by atoms with van der Waals surface area (Å²) < 4.78 is 15.6. The molecule has 0 spiro atoms. The van der Waals surface area contributed by atoms with E-state index in [1.807, 2.05) is 0 Å². The van der Waals surface area contributed by atoms with Gasteiger partial charge in [-0.2, -0.15) is 0 Å². The Morgan fingerprint density at radius 1 is 1.14 bits per heavy atom. The van der Waals surface area contributed by atoms with Crippen molar-refractivity contribution in [2.24, 2.45) is 0 Å². The second kappa shape index (κ2) is 11.2. The number of hydrogen-bond donors (Lipinski definition) is 1. The zero-order valence-corrected chi connectivity index (χ0v) is 16.8. The van der Waals surface area contributed by atoms with Crippen molar-refractivity contribution in [2.75, 3.05) is 20.8 Å². The topological polar surface area (TPSA) is 73.9 Å². The van der Waals surface area contributed by atoms with Gasteiger partial charge in [0.1, 0.15) is 11.5 Å². The molecule has 0 aromatic heterocycles. The Morgan fingerprint density at radius 2 is 1.86 bits per heavy atom. The molecule has 1 aromatic carbocycles. The molecule has 1 atom stereocenters. The van der Waals surface area contributed by atoms with Crippen molar-refractivity contribution in [1.82, 2.24) is 5.32 Å². The first-order valence-corrected chi connectivity index (χ1v) is 9.59. The quantitative estimate of drug-likeness (QED) is 0.398. The Balaban J connectivity index is 1.80. The standard InChI is InChI=1S/C22H29NO5/c1-16(22(25)23-12-11-17-7-5-4-6-8-17)28-21(24)10-9-18-13-19(26-2)15-20(14-18)27-3/h7,9-10,13-16H,4-6,8,11-12H2,1-3H3,(H,23,25)/b10-9+/t16-/m1/s1. The highest BCUT2D eigenvalue weighted by molar-refractivity contribution is 5.90. The van der Waals surface area contributed by atoms with Gasteiger partial charge in [0.2, 0.25) is 0 Å². The molecule has 28 heavy (non-hydrogen) atoms. The number of benzene rings is 1. The van der Waals surface area contributed by atoms with Crippen LogP contribution in [0.4, 0.5) is 0 Å². The summed E-state index contributed by atoms with van der Waals surface area (Å²) in [6, 6.07) is 5.27. The Labute approximate surface area is 166 Å². The van der Waals surface area contributed by atoms with Gasteiger partial charge >= 0.3 is 5.97 Å². The van der Waals surface area contributed by atoms with Crippen molar-refractivity contribution in [3.63, 3.8) is 0 Å². The maximum Gasteiger partial charge on any atom is 0.331 e. The number of carbonyl (C=O) groups excluding carboxylic acids is 2. The predicted molar refractivity (Wildman–Crippen MR) is 108 cm³/mol. The number of methoxy groups -OCH3 is 2. The van der Waals surface area contributed by atoms with E-state index in [-0.39, 0.29) is 5.91 Å². The van der Waals surface area contributed by atoms with Crippen molar-refractivity contribution in [1.29, 1.82) is 0 Å². The van der Waals surface area contributed by atoms with E-state index in [1.165, 1.54) is 24.5 Å². The summed E-state index contributed by atoms with van der Waals surface area (Å²) in [5, 5.41) is 2.82. The van der Waals surface area contributed by atoms with Crippen LogP contribution in [0.2, 0.25) is 0 Å². The van der Waals surface area contributed by atoms with Gasteiger partial charge in [0.15, 0.2) is 6.10 Å². The Bertz CT molecular complexity index is 716. The van der Waals surface area contributed by atoms with Gasteiger partial charge in [-0.25, -0.2) is 4.79 Å². The summed E-state index contributed by atoms with van der Waals surface area (Å²) in [5.41, 5.74) is 2.12. The lowest BCUT2D eigenvalue weighted by atomic mass is 9.97. The van der Waals surface area contributed by atoms with Gasteiger partial charge in [-0.3, -0.25) is 4.79 Å². The number of carbonyl (C=O) groups is 2. The fourth-order valence-electron chi connectivity index (χ4n) is 2.98. The molecular formula is C22H29NO5. The molecule has 1 aromatic rings.